The van der Waals surface area contributed by atoms with E-state index in [0.29, 0.717) is 5.92 Å². The highest BCUT2D eigenvalue weighted by Gasteiger charge is 2.06. The van der Waals surface area contributed by atoms with Crippen LogP contribution in [0.3, 0.4) is 0 Å². The molecular formula is C14H19N3S. The summed E-state index contributed by atoms with van der Waals surface area (Å²) in [5.41, 5.74) is 4.84. The number of hydrogen-bond acceptors (Lipinski definition) is 4. The lowest BCUT2D eigenvalue weighted by molar-refractivity contribution is 0.750. The number of fused-ring (bicyclic) bond motifs is 1. The van der Waals surface area contributed by atoms with Crippen LogP contribution in [-0.2, 0) is 5.75 Å². The summed E-state index contributed by atoms with van der Waals surface area (Å²) in [5, 5.41) is 1.16. The quantitative estimate of drug-likeness (QED) is 0.639. The minimum Gasteiger partial charge on any atom is -0.308 e. The van der Waals surface area contributed by atoms with Crippen molar-refractivity contribution in [1.82, 2.24) is 4.98 Å². The van der Waals surface area contributed by atoms with Gasteiger partial charge in [0.25, 0.3) is 0 Å². The third kappa shape index (κ3) is 3.15. The van der Waals surface area contributed by atoms with Crippen LogP contribution in [0.15, 0.2) is 30.3 Å². The molecule has 3 N–H and O–H groups in total. The van der Waals surface area contributed by atoms with Crippen molar-refractivity contribution in [3.63, 3.8) is 0 Å². The van der Waals surface area contributed by atoms with Gasteiger partial charge in [-0.25, -0.2) is 10.8 Å². The van der Waals surface area contributed by atoms with Crippen molar-refractivity contribution in [1.29, 1.82) is 0 Å². The van der Waals surface area contributed by atoms with Crippen LogP contribution in [0.1, 0.15) is 19.4 Å². The summed E-state index contributed by atoms with van der Waals surface area (Å²) in [6.07, 6.45) is 0. The standard InChI is InChI=1S/C14H19N3S/c1-10(2)8-18-9-12-7-11-5-3-4-6-13(11)16-14(12)17-15/h3-7,10H,8-9,15H2,1-2H3,(H,16,17). The van der Waals surface area contributed by atoms with E-state index in [9.17, 15) is 0 Å². The molecule has 0 unspecified atom stereocenters. The van der Waals surface area contributed by atoms with Gasteiger partial charge >= 0.3 is 0 Å². The van der Waals surface area contributed by atoms with Gasteiger partial charge in [-0.3, -0.25) is 0 Å². The topological polar surface area (TPSA) is 50.9 Å². The lowest BCUT2D eigenvalue weighted by atomic mass is 10.1. The van der Waals surface area contributed by atoms with Crippen molar-refractivity contribution < 1.29 is 0 Å². The van der Waals surface area contributed by atoms with Crippen molar-refractivity contribution in [3.8, 4) is 0 Å². The molecule has 0 amide bonds. The van der Waals surface area contributed by atoms with Gasteiger partial charge in [-0.2, -0.15) is 11.8 Å². The van der Waals surface area contributed by atoms with Crippen molar-refractivity contribution in [2.45, 2.75) is 19.6 Å². The lowest BCUT2D eigenvalue weighted by Crippen LogP contribution is -2.11. The van der Waals surface area contributed by atoms with E-state index in [4.69, 9.17) is 5.84 Å². The van der Waals surface area contributed by atoms with Crippen LogP contribution in [0.2, 0.25) is 0 Å². The van der Waals surface area contributed by atoms with Gasteiger partial charge in [-0.1, -0.05) is 32.0 Å². The average Bonchev–Trinajstić information content (AvgIpc) is 2.37. The van der Waals surface area contributed by atoms with Crippen LogP contribution in [0.25, 0.3) is 10.9 Å². The van der Waals surface area contributed by atoms with E-state index in [1.165, 1.54) is 5.56 Å². The molecule has 0 aliphatic rings. The zero-order chi connectivity index (χ0) is 13.0. The van der Waals surface area contributed by atoms with Crippen molar-refractivity contribution in [2.75, 3.05) is 11.2 Å². The fraction of sp³-hybridized carbons (Fsp3) is 0.357. The average molecular weight is 261 g/mol. The predicted octanol–water partition coefficient (Wildman–Crippen LogP) is 3.41. The molecule has 96 valence electrons. The van der Waals surface area contributed by atoms with E-state index in [-0.39, 0.29) is 0 Å². The van der Waals surface area contributed by atoms with Gasteiger partial charge in [0, 0.05) is 16.7 Å². The minimum absolute atomic E-state index is 0.706. The highest BCUT2D eigenvalue weighted by Crippen LogP contribution is 2.24. The summed E-state index contributed by atoms with van der Waals surface area (Å²) in [6, 6.07) is 10.3. The van der Waals surface area contributed by atoms with Gasteiger partial charge in [-0.05, 0) is 23.8 Å². The van der Waals surface area contributed by atoms with Crippen LogP contribution in [0.4, 0.5) is 5.82 Å². The second-order valence-corrected chi connectivity index (χ2v) is 5.77. The normalized spacial score (nSPS) is 11.1. The number of rotatable bonds is 5. The van der Waals surface area contributed by atoms with Crippen LogP contribution in [-0.4, -0.2) is 10.7 Å². The number of nitrogens with two attached hydrogens (primary N) is 1. The highest BCUT2D eigenvalue weighted by molar-refractivity contribution is 7.98. The third-order valence-corrected chi connectivity index (χ3v) is 4.07. The molecule has 0 saturated heterocycles. The number of pyridine rings is 1. The molecule has 0 radical (unpaired) electrons. The Kier molecular flexibility index (Phi) is 4.44. The monoisotopic (exact) mass is 261 g/mol. The fourth-order valence-electron chi connectivity index (χ4n) is 1.80. The summed E-state index contributed by atoms with van der Waals surface area (Å²) in [4.78, 5) is 4.54. The second-order valence-electron chi connectivity index (χ2n) is 4.74. The molecule has 1 heterocycles. The summed E-state index contributed by atoms with van der Waals surface area (Å²) in [6.45, 7) is 4.46. The van der Waals surface area contributed by atoms with Gasteiger partial charge in [0.2, 0.25) is 0 Å². The number of para-hydroxylation sites is 1. The number of hydrogen-bond donors (Lipinski definition) is 2. The zero-order valence-electron chi connectivity index (χ0n) is 10.8. The first-order chi connectivity index (χ1) is 8.70. The number of nitrogen functional groups attached to an aromatic ring is 1. The smallest absolute Gasteiger partial charge is 0.144 e. The summed E-state index contributed by atoms with van der Waals surface area (Å²) in [7, 11) is 0. The summed E-state index contributed by atoms with van der Waals surface area (Å²) >= 11 is 1.92. The molecule has 0 bridgehead atoms. The molecule has 0 saturated carbocycles. The van der Waals surface area contributed by atoms with Gasteiger partial charge in [0.05, 0.1) is 5.52 Å². The van der Waals surface area contributed by atoms with Gasteiger partial charge in [-0.15, -0.1) is 0 Å². The van der Waals surface area contributed by atoms with Crippen molar-refractivity contribution >= 4 is 28.5 Å². The first-order valence-electron chi connectivity index (χ1n) is 6.13. The number of nitrogens with zero attached hydrogens (tertiary/aromatic N) is 1. The Bertz CT molecular complexity index is 525. The molecule has 3 nitrogen and oxygen atoms in total. The molecule has 0 spiro atoms. The van der Waals surface area contributed by atoms with Crippen molar-refractivity contribution in [2.24, 2.45) is 11.8 Å². The number of nitrogens with one attached hydrogen (secondary N) is 1. The SMILES string of the molecule is CC(C)CSCc1cc2ccccc2nc1NN. The molecule has 0 fully saturated rings. The van der Waals surface area contributed by atoms with E-state index < -0.39 is 0 Å². The molecule has 2 aromatic rings. The van der Waals surface area contributed by atoms with E-state index in [1.807, 2.05) is 30.0 Å². The number of thioether (sulfide) groups is 1. The molecular weight excluding hydrogens is 242 g/mol. The third-order valence-electron chi connectivity index (χ3n) is 2.65. The molecule has 4 heteroatoms. The number of benzene rings is 1. The van der Waals surface area contributed by atoms with Crippen molar-refractivity contribution in [3.05, 3.63) is 35.9 Å². The molecule has 0 aliphatic heterocycles. The highest BCUT2D eigenvalue weighted by atomic mass is 32.2. The van der Waals surface area contributed by atoms with E-state index in [1.54, 1.807) is 0 Å². The lowest BCUT2D eigenvalue weighted by Gasteiger charge is -2.10. The Morgan fingerprint density at radius 3 is 2.83 bits per heavy atom. The van der Waals surface area contributed by atoms with E-state index in [0.717, 1.165) is 28.2 Å². The molecule has 1 aromatic carbocycles. The Morgan fingerprint density at radius 1 is 1.33 bits per heavy atom. The van der Waals surface area contributed by atoms with E-state index in [2.05, 4.69) is 36.4 Å². The van der Waals surface area contributed by atoms with E-state index >= 15 is 0 Å². The Balaban J connectivity index is 2.24. The maximum Gasteiger partial charge on any atom is 0.144 e. The summed E-state index contributed by atoms with van der Waals surface area (Å²) < 4.78 is 0. The molecule has 1 aromatic heterocycles. The van der Waals surface area contributed by atoms with Gasteiger partial charge < -0.3 is 5.43 Å². The zero-order valence-corrected chi connectivity index (χ0v) is 11.6. The van der Waals surface area contributed by atoms with Crippen LogP contribution >= 0.6 is 11.8 Å². The second kappa shape index (κ2) is 6.07. The molecule has 0 aliphatic carbocycles. The predicted molar refractivity (Wildman–Crippen MR) is 80.6 cm³/mol. The Hall–Kier alpha value is -1.26. The van der Waals surface area contributed by atoms with Gasteiger partial charge in [0.1, 0.15) is 5.82 Å². The van der Waals surface area contributed by atoms with Gasteiger partial charge in [0.15, 0.2) is 0 Å². The number of anilines is 1. The Morgan fingerprint density at radius 2 is 2.11 bits per heavy atom. The van der Waals surface area contributed by atoms with Crippen LogP contribution < -0.4 is 11.3 Å². The first-order valence-corrected chi connectivity index (χ1v) is 7.29. The number of hydrazine groups is 1. The maximum absolute atomic E-state index is 5.55. The molecule has 18 heavy (non-hydrogen) atoms. The molecule has 0 atom stereocenters. The molecule has 2 rings (SSSR count). The summed E-state index contributed by atoms with van der Waals surface area (Å²) in [5.74, 6) is 9.13. The Labute approximate surface area is 112 Å². The maximum atomic E-state index is 5.55. The van der Waals surface area contributed by atoms with Crippen LogP contribution in [0, 0.1) is 5.92 Å². The minimum atomic E-state index is 0.706. The van der Waals surface area contributed by atoms with Crippen LogP contribution in [0.5, 0.6) is 0 Å². The first kappa shape index (κ1) is 13.2. The number of aromatic nitrogens is 1. The fourth-order valence-corrected chi connectivity index (χ4v) is 2.83. The largest absolute Gasteiger partial charge is 0.308 e.